The first kappa shape index (κ1) is 22.1. The Morgan fingerprint density at radius 3 is 1.52 bits per heavy atom. The molecule has 0 amide bonds. The second kappa shape index (κ2) is 9.82. The van der Waals surface area contributed by atoms with Crippen LogP contribution < -0.4 is 0 Å². The molecule has 0 aromatic rings. The van der Waals surface area contributed by atoms with Gasteiger partial charge >= 0.3 is 11.9 Å². The van der Waals surface area contributed by atoms with Gasteiger partial charge in [0.05, 0.1) is 39.6 Å². The number of hydrogen-bond acceptors (Lipinski definition) is 8. The highest BCUT2D eigenvalue weighted by Gasteiger charge is 2.29. The van der Waals surface area contributed by atoms with Crippen molar-refractivity contribution in [2.75, 3.05) is 39.6 Å². The smallest absolute Gasteiger partial charge is 0.317 e. The lowest BCUT2D eigenvalue weighted by Crippen LogP contribution is -2.34. The Balaban J connectivity index is 1.58. The molecule has 0 radical (unpaired) electrons. The summed E-state index contributed by atoms with van der Waals surface area (Å²) in [6.45, 7) is 10.7. The Kier molecular flexibility index (Phi) is 8.03. The first-order chi connectivity index (χ1) is 12.7. The van der Waals surface area contributed by atoms with Crippen LogP contribution in [0.4, 0.5) is 0 Å². The predicted molar refractivity (Wildman–Crippen MR) is 95.3 cm³/mol. The number of hydrogen-bond donors (Lipinski definition) is 0. The molecule has 2 aliphatic rings. The fourth-order valence-electron chi connectivity index (χ4n) is 2.30. The molecule has 2 fully saturated rings. The van der Waals surface area contributed by atoms with Crippen LogP contribution in [0.25, 0.3) is 0 Å². The standard InChI is InChI=1S/C19H32O8/c1-18(2,5-7-22-10-14-12-24-14)26-16(20)9-17(21)27-19(3,4)6-8-23-11-15-13-25-15/h14-15H,5-13H2,1-4H3. The molecule has 0 N–H and O–H groups in total. The first-order valence-corrected chi connectivity index (χ1v) is 9.48. The van der Waals surface area contributed by atoms with Crippen LogP contribution in [0.15, 0.2) is 0 Å². The molecule has 8 heteroatoms. The van der Waals surface area contributed by atoms with E-state index in [0.29, 0.717) is 39.3 Å². The van der Waals surface area contributed by atoms with E-state index in [2.05, 4.69) is 0 Å². The van der Waals surface area contributed by atoms with Crippen LogP contribution in [0.1, 0.15) is 47.0 Å². The molecule has 0 aromatic heterocycles. The van der Waals surface area contributed by atoms with Gasteiger partial charge in [0.25, 0.3) is 0 Å². The third-order valence-electron chi connectivity index (χ3n) is 4.18. The average molecular weight is 388 g/mol. The van der Waals surface area contributed by atoms with E-state index < -0.39 is 29.6 Å². The maximum absolute atomic E-state index is 12.0. The molecular formula is C19H32O8. The lowest BCUT2D eigenvalue weighted by Gasteiger charge is -2.27. The van der Waals surface area contributed by atoms with Crippen LogP contribution in [0.3, 0.4) is 0 Å². The van der Waals surface area contributed by atoms with Crippen molar-refractivity contribution >= 4 is 11.9 Å². The van der Waals surface area contributed by atoms with Crippen LogP contribution in [-0.2, 0) is 38.0 Å². The molecule has 2 rings (SSSR count). The molecule has 0 aliphatic carbocycles. The quantitative estimate of drug-likeness (QED) is 0.192. The fraction of sp³-hybridized carbons (Fsp3) is 0.895. The van der Waals surface area contributed by atoms with Crippen molar-refractivity contribution in [3.8, 4) is 0 Å². The maximum Gasteiger partial charge on any atom is 0.317 e. The summed E-state index contributed by atoms with van der Waals surface area (Å²) in [6, 6.07) is 0. The molecule has 2 heterocycles. The van der Waals surface area contributed by atoms with E-state index in [1.54, 1.807) is 27.7 Å². The number of esters is 2. The summed E-state index contributed by atoms with van der Waals surface area (Å²) in [5.74, 6) is -1.21. The highest BCUT2D eigenvalue weighted by Crippen LogP contribution is 2.19. The summed E-state index contributed by atoms with van der Waals surface area (Å²) in [5, 5.41) is 0. The van der Waals surface area contributed by atoms with Gasteiger partial charge in [-0.3, -0.25) is 9.59 Å². The summed E-state index contributed by atoms with van der Waals surface area (Å²) in [7, 11) is 0. The minimum atomic E-state index is -0.712. The van der Waals surface area contributed by atoms with Gasteiger partial charge in [-0.25, -0.2) is 0 Å². The van der Waals surface area contributed by atoms with Crippen LogP contribution in [0.5, 0.6) is 0 Å². The minimum absolute atomic E-state index is 0.209. The topological polar surface area (TPSA) is 96.1 Å². The van der Waals surface area contributed by atoms with E-state index in [0.717, 1.165) is 13.2 Å². The maximum atomic E-state index is 12.0. The van der Waals surface area contributed by atoms with Crippen molar-refractivity contribution in [3.05, 3.63) is 0 Å². The summed E-state index contributed by atoms with van der Waals surface area (Å²) >= 11 is 0. The van der Waals surface area contributed by atoms with Crippen molar-refractivity contribution in [1.82, 2.24) is 0 Å². The van der Waals surface area contributed by atoms with Gasteiger partial charge in [0, 0.05) is 12.8 Å². The number of epoxide rings is 2. The number of carbonyl (C=O) groups is 2. The van der Waals surface area contributed by atoms with E-state index in [1.165, 1.54) is 0 Å². The Labute approximate surface area is 160 Å². The Bertz CT molecular complexity index is 450. The van der Waals surface area contributed by atoms with Gasteiger partial charge in [0.1, 0.15) is 29.8 Å². The van der Waals surface area contributed by atoms with Gasteiger partial charge in [-0.05, 0) is 27.7 Å². The summed E-state index contributed by atoms with van der Waals surface area (Å²) < 4.78 is 31.8. The third-order valence-corrected chi connectivity index (χ3v) is 4.18. The second-order valence-electron chi connectivity index (χ2n) is 8.20. The second-order valence-corrected chi connectivity index (χ2v) is 8.20. The van der Waals surface area contributed by atoms with E-state index >= 15 is 0 Å². The zero-order chi connectivity index (χ0) is 19.9. The molecule has 0 saturated carbocycles. The van der Waals surface area contributed by atoms with E-state index in [-0.39, 0.29) is 12.2 Å². The number of ether oxygens (including phenoxy) is 6. The Morgan fingerprint density at radius 1 is 0.815 bits per heavy atom. The summed E-state index contributed by atoms with van der Waals surface area (Å²) in [4.78, 5) is 24.1. The molecular weight excluding hydrogens is 356 g/mol. The molecule has 8 nitrogen and oxygen atoms in total. The van der Waals surface area contributed by atoms with Crippen LogP contribution in [0.2, 0.25) is 0 Å². The zero-order valence-electron chi connectivity index (χ0n) is 16.8. The molecule has 2 saturated heterocycles. The molecule has 2 aliphatic heterocycles. The van der Waals surface area contributed by atoms with Gasteiger partial charge in [0.2, 0.25) is 0 Å². The molecule has 27 heavy (non-hydrogen) atoms. The molecule has 0 bridgehead atoms. The van der Waals surface area contributed by atoms with Crippen molar-refractivity contribution in [2.24, 2.45) is 0 Å². The molecule has 2 unspecified atom stereocenters. The first-order valence-electron chi connectivity index (χ1n) is 9.48. The Morgan fingerprint density at radius 2 is 1.19 bits per heavy atom. The minimum Gasteiger partial charge on any atom is -0.459 e. The molecule has 0 spiro atoms. The van der Waals surface area contributed by atoms with E-state index in [9.17, 15) is 9.59 Å². The average Bonchev–Trinajstić information content (AvgIpc) is 3.42. The monoisotopic (exact) mass is 388 g/mol. The summed E-state index contributed by atoms with van der Waals surface area (Å²) in [6.07, 6.45) is 1.07. The van der Waals surface area contributed by atoms with Gasteiger partial charge in [-0.2, -0.15) is 0 Å². The SMILES string of the molecule is CC(C)(CCOCC1CO1)OC(=O)CC(=O)OC(C)(C)CCOCC1CO1. The largest absolute Gasteiger partial charge is 0.459 e. The van der Waals surface area contributed by atoms with E-state index in [1.807, 2.05) is 0 Å². The van der Waals surface area contributed by atoms with Gasteiger partial charge in [-0.15, -0.1) is 0 Å². The highest BCUT2D eigenvalue weighted by atomic mass is 16.6. The van der Waals surface area contributed by atoms with Crippen molar-refractivity contribution in [1.29, 1.82) is 0 Å². The zero-order valence-corrected chi connectivity index (χ0v) is 16.8. The van der Waals surface area contributed by atoms with E-state index in [4.69, 9.17) is 28.4 Å². The van der Waals surface area contributed by atoms with Crippen LogP contribution in [0, 0.1) is 0 Å². The molecule has 0 aromatic carbocycles. The van der Waals surface area contributed by atoms with Crippen molar-refractivity contribution < 1.29 is 38.0 Å². The third kappa shape index (κ3) is 10.6. The van der Waals surface area contributed by atoms with Gasteiger partial charge < -0.3 is 28.4 Å². The molecule has 156 valence electrons. The van der Waals surface area contributed by atoms with Crippen molar-refractivity contribution in [3.63, 3.8) is 0 Å². The van der Waals surface area contributed by atoms with Gasteiger partial charge in [-0.1, -0.05) is 0 Å². The molecule has 2 atom stereocenters. The fourth-order valence-corrected chi connectivity index (χ4v) is 2.30. The predicted octanol–water partition coefficient (Wildman–Crippen LogP) is 1.63. The lowest BCUT2D eigenvalue weighted by molar-refractivity contribution is -0.169. The Hall–Kier alpha value is -1.22. The highest BCUT2D eigenvalue weighted by molar-refractivity contribution is 5.91. The van der Waals surface area contributed by atoms with Gasteiger partial charge in [0.15, 0.2) is 0 Å². The summed E-state index contributed by atoms with van der Waals surface area (Å²) in [5.41, 5.74) is -1.42. The van der Waals surface area contributed by atoms with Crippen LogP contribution in [-0.4, -0.2) is 75.0 Å². The van der Waals surface area contributed by atoms with Crippen LogP contribution >= 0.6 is 0 Å². The normalized spacial score (nSPS) is 21.6. The number of rotatable bonds is 14. The number of carbonyl (C=O) groups excluding carboxylic acids is 2. The lowest BCUT2D eigenvalue weighted by atomic mass is 10.1. The van der Waals surface area contributed by atoms with Crippen molar-refractivity contribution in [2.45, 2.75) is 70.4 Å².